The van der Waals surface area contributed by atoms with Crippen LogP contribution in [-0.2, 0) is 26.0 Å². The third-order valence-electron chi connectivity index (χ3n) is 7.38. The first kappa shape index (κ1) is 32.6. The number of nitrogens with one attached hydrogen (secondary N) is 1. The van der Waals surface area contributed by atoms with Crippen LogP contribution in [0.15, 0.2) is 62.9 Å². The third kappa shape index (κ3) is 7.13. The molecule has 2 atom stereocenters. The van der Waals surface area contributed by atoms with Gasteiger partial charge in [0, 0.05) is 37.2 Å². The van der Waals surface area contributed by atoms with Crippen molar-refractivity contribution in [1.29, 1.82) is 0 Å². The van der Waals surface area contributed by atoms with E-state index in [1.54, 1.807) is 0 Å². The molecule has 0 unspecified atom stereocenters. The molecule has 0 amide bonds. The zero-order valence-electron chi connectivity index (χ0n) is 23.7. The first-order valence-corrected chi connectivity index (χ1v) is 17.2. The van der Waals surface area contributed by atoms with Crippen molar-refractivity contribution in [2.24, 2.45) is 5.92 Å². The number of alkyl halides is 2. The fourth-order valence-electron chi connectivity index (χ4n) is 4.88. The number of carbonyl (C=O) groups excluding carboxylic acids is 1. The van der Waals surface area contributed by atoms with Crippen LogP contribution in [0.25, 0.3) is 11.1 Å². The Labute approximate surface area is 275 Å². The Morgan fingerprint density at radius 2 is 1.89 bits per heavy atom. The molecular formula is C29H25Cl2F2N3O8S2. The summed E-state index contributed by atoms with van der Waals surface area (Å²) in [7, 11) is -4.24. The maximum atomic E-state index is 13.8. The van der Waals surface area contributed by atoms with Crippen LogP contribution in [0.3, 0.4) is 0 Å². The van der Waals surface area contributed by atoms with E-state index in [9.17, 15) is 26.8 Å². The van der Waals surface area contributed by atoms with Gasteiger partial charge in [-0.2, -0.15) is 13.1 Å². The number of hydrogen-bond donors (Lipinski definition) is 1. The van der Waals surface area contributed by atoms with Crippen molar-refractivity contribution < 1.29 is 40.6 Å². The van der Waals surface area contributed by atoms with Crippen molar-refractivity contribution in [1.82, 2.24) is 14.3 Å². The van der Waals surface area contributed by atoms with Gasteiger partial charge in [-0.25, -0.2) is 18.0 Å². The van der Waals surface area contributed by atoms with Gasteiger partial charge in [0.1, 0.15) is 6.10 Å². The zero-order chi connectivity index (χ0) is 32.6. The SMILES string of the molecule is O=C(O[C@@H](Cc1c(Cl)cncc1Cl)c1ccc(OC(F)F)c(OCC2CC2)c1)[C@@H]1SCCN1S(=O)(=O)c1ccc2[nH]c(=O)oc2c1. The summed E-state index contributed by atoms with van der Waals surface area (Å²) in [6.07, 6.45) is 3.48. The molecule has 0 bridgehead atoms. The molecule has 1 aliphatic heterocycles. The molecule has 6 rings (SSSR count). The molecule has 0 radical (unpaired) electrons. The van der Waals surface area contributed by atoms with Crippen molar-refractivity contribution in [2.45, 2.75) is 42.2 Å². The molecule has 2 fully saturated rings. The van der Waals surface area contributed by atoms with Crippen LogP contribution < -0.4 is 15.2 Å². The number of halogens is 4. The van der Waals surface area contributed by atoms with Crippen LogP contribution >= 0.6 is 35.0 Å². The predicted molar refractivity (Wildman–Crippen MR) is 165 cm³/mol. The van der Waals surface area contributed by atoms with Gasteiger partial charge >= 0.3 is 18.3 Å². The molecule has 0 spiro atoms. The number of hydrogen-bond acceptors (Lipinski definition) is 10. The number of H-pyrrole nitrogens is 1. The third-order valence-corrected chi connectivity index (χ3v) is 11.2. The lowest BCUT2D eigenvalue weighted by Crippen LogP contribution is -2.40. The van der Waals surface area contributed by atoms with E-state index in [0.29, 0.717) is 34.9 Å². The van der Waals surface area contributed by atoms with Gasteiger partial charge < -0.3 is 18.6 Å². The lowest BCUT2D eigenvalue weighted by Gasteiger charge is -2.26. The number of carbonyl (C=O) groups is 1. The predicted octanol–water partition coefficient (Wildman–Crippen LogP) is 5.80. The number of nitrogens with zero attached hydrogens (tertiary/aromatic N) is 2. The van der Waals surface area contributed by atoms with Gasteiger partial charge in [-0.05, 0) is 54.2 Å². The summed E-state index contributed by atoms with van der Waals surface area (Å²) in [4.78, 5) is 31.6. The summed E-state index contributed by atoms with van der Waals surface area (Å²) >= 11 is 13.8. The van der Waals surface area contributed by atoms with Gasteiger partial charge in [0.25, 0.3) is 0 Å². The van der Waals surface area contributed by atoms with E-state index < -0.39 is 39.8 Å². The lowest BCUT2D eigenvalue weighted by atomic mass is 10.0. The number of oxazole rings is 1. The van der Waals surface area contributed by atoms with E-state index in [0.717, 1.165) is 28.9 Å². The van der Waals surface area contributed by atoms with Crippen molar-refractivity contribution in [3.8, 4) is 11.5 Å². The monoisotopic (exact) mass is 715 g/mol. The maximum absolute atomic E-state index is 13.8. The Bertz CT molecular complexity index is 1920. The normalized spacial score (nSPS) is 17.8. The molecule has 1 N–H and O–H groups in total. The minimum atomic E-state index is -4.24. The molecular weight excluding hydrogens is 691 g/mol. The molecule has 2 aromatic heterocycles. The number of sulfonamides is 1. The number of ether oxygens (including phenoxy) is 3. The summed E-state index contributed by atoms with van der Waals surface area (Å²) < 4.78 is 76.2. The Morgan fingerprint density at radius 1 is 1.13 bits per heavy atom. The minimum absolute atomic E-state index is 0.00733. The Kier molecular flexibility index (Phi) is 9.48. The van der Waals surface area contributed by atoms with E-state index in [1.807, 2.05) is 0 Å². The van der Waals surface area contributed by atoms with Crippen LogP contribution in [0.5, 0.6) is 11.5 Å². The minimum Gasteiger partial charge on any atom is -0.489 e. The molecule has 4 aromatic rings. The topological polar surface area (TPSA) is 141 Å². The summed E-state index contributed by atoms with van der Waals surface area (Å²) in [6.45, 7) is -2.80. The molecule has 2 aromatic carbocycles. The number of thioether (sulfide) groups is 1. The number of esters is 1. The van der Waals surface area contributed by atoms with Crippen LogP contribution in [-0.4, -0.2) is 59.6 Å². The van der Waals surface area contributed by atoms with Crippen molar-refractivity contribution >= 4 is 62.1 Å². The first-order chi connectivity index (χ1) is 22.0. The Morgan fingerprint density at radius 3 is 2.61 bits per heavy atom. The smallest absolute Gasteiger partial charge is 0.417 e. The van der Waals surface area contributed by atoms with Gasteiger partial charge in [-0.1, -0.05) is 29.3 Å². The van der Waals surface area contributed by atoms with Crippen molar-refractivity contribution in [3.05, 3.63) is 80.5 Å². The van der Waals surface area contributed by atoms with E-state index in [2.05, 4.69) is 14.7 Å². The number of rotatable bonds is 12. The zero-order valence-corrected chi connectivity index (χ0v) is 26.8. The van der Waals surface area contributed by atoms with Crippen molar-refractivity contribution in [3.63, 3.8) is 0 Å². The highest BCUT2D eigenvalue weighted by Gasteiger charge is 2.42. The largest absolute Gasteiger partial charge is 0.489 e. The highest BCUT2D eigenvalue weighted by atomic mass is 35.5. The van der Waals surface area contributed by atoms with Gasteiger partial charge in [0.05, 0.1) is 27.1 Å². The molecule has 11 nitrogen and oxygen atoms in total. The summed E-state index contributed by atoms with van der Waals surface area (Å²) in [5.41, 5.74) is 1.10. The van der Waals surface area contributed by atoms with Crippen LogP contribution in [0.1, 0.15) is 30.1 Å². The highest BCUT2D eigenvalue weighted by Crippen LogP contribution is 2.39. The molecule has 3 heterocycles. The van der Waals surface area contributed by atoms with Gasteiger partial charge in [0.2, 0.25) is 10.0 Å². The van der Waals surface area contributed by atoms with Gasteiger partial charge in [-0.3, -0.25) is 9.97 Å². The summed E-state index contributed by atoms with van der Waals surface area (Å²) in [5, 5.41) is -0.873. The van der Waals surface area contributed by atoms with Gasteiger partial charge in [-0.15, -0.1) is 11.8 Å². The quantitative estimate of drug-likeness (QED) is 0.179. The standard InChI is InChI=1S/C29H25Cl2F2N3O8S2/c30-19-12-34-13-20(31)18(19)11-23(16-3-6-22(43-28(32)33)25(9-16)41-14-15-1-2-15)42-27(37)26-36(7-8-45-26)46(39,40)17-4-5-21-24(10-17)44-29(38)35-21/h3-6,9-10,12-13,15,23,26,28H,1-2,7-8,11,14H2,(H,35,38)/t23-,26-/m0/s1. The molecule has 244 valence electrons. The maximum Gasteiger partial charge on any atom is 0.417 e. The lowest BCUT2D eigenvalue weighted by molar-refractivity contribution is -0.150. The van der Waals surface area contributed by atoms with E-state index in [4.69, 9.17) is 37.1 Å². The second kappa shape index (κ2) is 13.4. The average molecular weight is 717 g/mol. The summed E-state index contributed by atoms with van der Waals surface area (Å²) in [5.74, 6) is -1.18. The molecule has 1 aliphatic carbocycles. The second-order valence-corrected chi connectivity index (χ2v) is 14.5. The van der Waals surface area contributed by atoms with Gasteiger partial charge in [0.15, 0.2) is 22.5 Å². The van der Waals surface area contributed by atoms with Crippen LogP contribution in [0.2, 0.25) is 10.0 Å². The van der Waals surface area contributed by atoms with E-state index >= 15 is 0 Å². The number of aromatic nitrogens is 2. The van der Waals surface area contributed by atoms with E-state index in [-0.39, 0.29) is 45.0 Å². The molecule has 17 heteroatoms. The first-order valence-electron chi connectivity index (χ1n) is 14.0. The number of benzene rings is 2. The Balaban J connectivity index is 1.31. The number of pyridine rings is 1. The number of aromatic amines is 1. The van der Waals surface area contributed by atoms with E-state index in [1.165, 1.54) is 48.8 Å². The highest BCUT2D eigenvalue weighted by molar-refractivity contribution is 8.02. The number of fused-ring (bicyclic) bond motifs is 1. The van der Waals surface area contributed by atoms with Crippen LogP contribution in [0.4, 0.5) is 8.78 Å². The average Bonchev–Trinajstić information content (AvgIpc) is 3.54. The fraction of sp³-hybridized carbons (Fsp3) is 0.345. The fourth-order valence-corrected chi connectivity index (χ4v) is 8.46. The van der Waals surface area contributed by atoms with Crippen LogP contribution in [0, 0.1) is 5.92 Å². The molecule has 2 aliphatic rings. The molecule has 1 saturated heterocycles. The Hall–Kier alpha value is -3.37. The summed E-state index contributed by atoms with van der Waals surface area (Å²) in [6, 6.07) is 8.08. The van der Waals surface area contributed by atoms with Crippen molar-refractivity contribution in [2.75, 3.05) is 18.9 Å². The molecule has 1 saturated carbocycles. The second-order valence-electron chi connectivity index (χ2n) is 10.6. The molecule has 46 heavy (non-hydrogen) atoms.